The molecule has 1 aromatic heterocycles. The summed E-state index contributed by atoms with van der Waals surface area (Å²) in [5.41, 5.74) is 1.96. The standard InChI is InChI=1S/C23H30F2N4O/c1-18-13-20(27(2)26-18)14-29-11-6-10-22(21(29)30)15-23(24,25)17-28(16-22)12-9-19-7-4-3-5-8-19/h3-5,7-8,13H,6,9-12,14-17H2,1-2H3. The molecule has 0 N–H and O–H groups in total. The van der Waals surface area contributed by atoms with E-state index in [1.165, 1.54) is 0 Å². The van der Waals surface area contributed by atoms with Crippen LogP contribution in [-0.4, -0.2) is 57.6 Å². The molecule has 2 fully saturated rings. The summed E-state index contributed by atoms with van der Waals surface area (Å²) in [7, 11) is 1.85. The number of piperidine rings is 2. The number of benzene rings is 1. The van der Waals surface area contributed by atoms with E-state index in [4.69, 9.17) is 0 Å². The third-order valence-corrected chi connectivity index (χ3v) is 6.41. The number of likely N-dealkylation sites (tertiary alicyclic amines) is 2. The summed E-state index contributed by atoms with van der Waals surface area (Å²) in [6, 6.07) is 11.9. The average molecular weight is 417 g/mol. The fourth-order valence-electron chi connectivity index (χ4n) is 5.13. The van der Waals surface area contributed by atoms with E-state index in [-0.39, 0.29) is 18.9 Å². The molecule has 2 aliphatic rings. The fraction of sp³-hybridized carbons (Fsp3) is 0.565. The van der Waals surface area contributed by atoms with E-state index >= 15 is 0 Å². The van der Waals surface area contributed by atoms with Crippen LogP contribution < -0.4 is 0 Å². The molecule has 1 amide bonds. The van der Waals surface area contributed by atoms with Crippen LogP contribution in [0.15, 0.2) is 36.4 Å². The molecule has 162 valence electrons. The number of carbonyl (C=O) groups excluding carboxylic acids is 1. The molecular weight excluding hydrogens is 386 g/mol. The highest BCUT2D eigenvalue weighted by atomic mass is 19.3. The lowest BCUT2D eigenvalue weighted by molar-refractivity contribution is -0.170. The van der Waals surface area contributed by atoms with Crippen molar-refractivity contribution >= 4 is 5.91 Å². The molecule has 2 aromatic rings. The van der Waals surface area contributed by atoms with Gasteiger partial charge < -0.3 is 4.90 Å². The third kappa shape index (κ3) is 4.41. The molecule has 0 saturated carbocycles. The normalized spacial score (nSPS) is 24.5. The van der Waals surface area contributed by atoms with E-state index in [0.29, 0.717) is 39.0 Å². The quantitative estimate of drug-likeness (QED) is 0.750. The summed E-state index contributed by atoms with van der Waals surface area (Å²) in [6.07, 6.45) is 1.65. The van der Waals surface area contributed by atoms with Crippen molar-refractivity contribution in [2.45, 2.75) is 45.1 Å². The topological polar surface area (TPSA) is 41.4 Å². The van der Waals surface area contributed by atoms with Gasteiger partial charge in [-0.05, 0) is 37.8 Å². The van der Waals surface area contributed by atoms with Crippen LogP contribution in [0.4, 0.5) is 8.78 Å². The minimum Gasteiger partial charge on any atom is -0.336 e. The first kappa shape index (κ1) is 21.0. The fourth-order valence-corrected chi connectivity index (χ4v) is 5.13. The predicted molar refractivity (Wildman–Crippen MR) is 111 cm³/mol. The first-order chi connectivity index (χ1) is 14.3. The second-order valence-corrected chi connectivity index (χ2v) is 8.99. The van der Waals surface area contributed by atoms with Gasteiger partial charge in [0, 0.05) is 33.1 Å². The average Bonchev–Trinajstić information content (AvgIpc) is 3.00. The van der Waals surface area contributed by atoms with Crippen molar-refractivity contribution in [2.24, 2.45) is 12.5 Å². The van der Waals surface area contributed by atoms with Crippen LogP contribution in [0.5, 0.6) is 0 Å². The van der Waals surface area contributed by atoms with Crippen LogP contribution in [0.1, 0.15) is 36.2 Å². The summed E-state index contributed by atoms with van der Waals surface area (Å²) in [4.78, 5) is 17.0. The monoisotopic (exact) mass is 416 g/mol. The summed E-state index contributed by atoms with van der Waals surface area (Å²) >= 11 is 0. The van der Waals surface area contributed by atoms with E-state index in [0.717, 1.165) is 23.4 Å². The van der Waals surface area contributed by atoms with Crippen molar-refractivity contribution in [2.75, 3.05) is 26.2 Å². The van der Waals surface area contributed by atoms with E-state index in [2.05, 4.69) is 5.10 Å². The predicted octanol–water partition coefficient (Wildman–Crippen LogP) is 3.42. The van der Waals surface area contributed by atoms with Crippen molar-refractivity contribution in [3.05, 3.63) is 53.3 Å². The van der Waals surface area contributed by atoms with Crippen molar-refractivity contribution in [3.8, 4) is 0 Å². The first-order valence-corrected chi connectivity index (χ1v) is 10.7. The Morgan fingerprint density at radius 2 is 1.93 bits per heavy atom. The third-order valence-electron chi connectivity index (χ3n) is 6.41. The Labute approximate surface area is 176 Å². The Kier molecular flexibility index (Phi) is 5.66. The van der Waals surface area contributed by atoms with Gasteiger partial charge in [0.2, 0.25) is 5.91 Å². The minimum atomic E-state index is -2.85. The summed E-state index contributed by atoms with van der Waals surface area (Å²) in [5, 5.41) is 4.34. The van der Waals surface area contributed by atoms with Gasteiger partial charge in [0.15, 0.2) is 0 Å². The van der Waals surface area contributed by atoms with Gasteiger partial charge in [0.05, 0.1) is 29.9 Å². The lowest BCUT2D eigenvalue weighted by atomic mass is 9.71. The van der Waals surface area contributed by atoms with Crippen molar-refractivity contribution < 1.29 is 13.6 Å². The zero-order valence-electron chi connectivity index (χ0n) is 17.8. The summed E-state index contributed by atoms with van der Waals surface area (Å²) in [5.74, 6) is -2.98. The van der Waals surface area contributed by atoms with E-state index < -0.39 is 11.3 Å². The van der Waals surface area contributed by atoms with Crippen molar-refractivity contribution in [1.82, 2.24) is 19.6 Å². The summed E-state index contributed by atoms with van der Waals surface area (Å²) in [6.45, 7) is 3.63. The van der Waals surface area contributed by atoms with Crippen LogP contribution in [0.25, 0.3) is 0 Å². The van der Waals surface area contributed by atoms with E-state index in [1.54, 1.807) is 14.5 Å². The molecule has 4 rings (SSSR count). The van der Waals surface area contributed by atoms with Gasteiger partial charge in [0.1, 0.15) is 0 Å². The molecule has 30 heavy (non-hydrogen) atoms. The number of amides is 1. The Bertz CT molecular complexity index is 898. The number of nitrogens with zero attached hydrogens (tertiary/aromatic N) is 4. The molecule has 7 heteroatoms. The van der Waals surface area contributed by atoms with E-state index in [9.17, 15) is 13.6 Å². The van der Waals surface area contributed by atoms with Crippen LogP contribution in [0.3, 0.4) is 0 Å². The Hall–Kier alpha value is -2.28. The highest BCUT2D eigenvalue weighted by Gasteiger charge is 2.55. The van der Waals surface area contributed by atoms with Crippen LogP contribution in [0, 0.1) is 12.3 Å². The number of aryl methyl sites for hydroxylation is 2. The lowest BCUT2D eigenvalue weighted by Gasteiger charge is -2.49. The number of halogens is 2. The van der Waals surface area contributed by atoms with Gasteiger partial charge in [0.25, 0.3) is 5.92 Å². The molecule has 0 radical (unpaired) electrons. The van der Waals surface area contributed by atoms with Gasteiger partial charge in [-0.3, -0.25) is 14.4 Å². The molecule has 0 bridgehead atoms. The second kappa shape index (κ2) is 8.10. The smallest absolute Gasteiger partial charge is 0.261 e. The largest absolute Gasteiger partial charge is 0.336 e. The molecule has 1 aromatic carbocycles. The van der Waals surface area contributed by atoms with Crippen LogP contribution in [0.2, 0.25) is 0 Å². The van der Waals surface area contributed by atoms with Gasteiger partial charge in [-0.15, -0.1) is 0 Å². The van der Waals surface area contributed by atoms with Gasteiger partial charge in [-0.2, -0.15) is 5.10 Å². The van der Waals surface area contributed by atoms with Gasteiger partial charge in [-0.1, -0.05) is 30.3 Å². The number of hydrogen-bond donors (Lipinski definition) is 0. The maximum Gasteiger partial charge on any atom is 0.261 e. The maximum atomic E-state index is 14.8. The minimum absolute atomic E-state index is 0.128. The Morgan fingerprint density at radius 1 is 1.17 bits per heavy atom. The molecule has 0 aliphatic carbocycles. The molecule has 1 spiro atoms. The lowest BCUT2D eigenvalue weighted by Crippen LogP contribution is -2.61. The van der Waals surface area contributed by atoms with Gasteiger partial charge in [-0.25, -0.2) is 8.78 Å². The number of aromatic nitrogens is 2. The molecule has 2 aliphatic heterocycles. The Morgan fingerprint density at radius 3 is 2.63 bits per heavy atom. The zero-order valence-corrected chi connectivity index (χ0v) is 17.8. The van der Waals surface area contributed by atoms with Crippen molar-refractivity contribution in [1.29, 1.82) is 0 Å². The number of carbonyl (C=O) groups is 1. The first-order valence-electron chi connectivity index (χ1n) is 10.7. The highest BCUT2D eigenvalue weighted by molar-refractivity contribution is 5.84. The number of rotatable bonds is 5. The molecule has 3 heterocycles. The SMILES string of the molecule is Cc1cc(CN2CCCC3(CN(CCc4ccccc4)CC(F)(F)C3)C2=O)n(C)n1. The second-order valence-electron chi connectivity index (χ2n) is 8.99. The molecule has 1 unspecified atom stereocenters. The zero-order chi connectivity index (χ0) is 21.4. The van der Waals surface area contributed by atoms with Crippen molar-refractivity contribution in [3.63, 3.8) is 0 Å². The maximum absolute atomic E-state index is 14.8. The van der Waals surface area contributed by atoms with Crippen LogP contribution in [-0.2, 0) is 24.8 Å². The Balaban J connectivity index is 1.50. The number of hydrogen-bond acceptors (Lipinski definition) is 3. The number of alkyl halides is 2. The molecule has 1 atom stereocenters. The molecule has 2 saturated heterocycles. The molecule has 5 nitrogen and oxygen atoms in total. The van der Waals surface area contributed by atoms with E-state index in [1.807, 2.05) is 50.4 Å². The summed E-state index contributed by atoms with van der Waals surface area (Å²) < 4.78 is 31.3. The highest BCUT2D eigenvalue weighted by Crippen LogP contribution is 2.45. The van der Waals surface area contributed by atoms with Gasteiger partial charge >= 0.3 is 0 Å². The van der Waals surface area contributed by atoms with Crippen LogP contribution >= 0.6 is 0 Å². The molecular formula is C23H30F2N4O.